The number of halogens is 1. The van der Waals surface area contributed by atoms with Gasteiger partial charge in [0, 0.05) is 11.1 Å². The van der Waals surface area contributed by atoms with Gasteiger partial charge in [-0.2, -0.15) is 11.8 Å². The second kappa shape index (κ2) is 5.44. The molecule has 0 amide bonds. The molecule has 0 saturated heterocycles. The number of rotatable bonds is 5. The molecule has 0 spiro atoms. The minimum absolute atomic E-state index is 0.567. The summed E-state index contributed by atoms with van der Waals surface area (Å²) in [5.41, 5.74) is 0.567. The minimum Gasteiger partial charge on any atom is -0.468 e. The molecule has 0 unspecified atom stereocenters. The van der Waals surface area contributed by atoms with Crippen LogP contribution in [0.2, 0.25) is 0 Å². The molecule has 1 aliphatic rings. The Hall–Kier alpha value is 0.110. The zero-order chi connectivity index (χ0) is 10.6. The molecule has 0 N–H and O–H groups in total. The van der Waals surface area contributed by atoms with Crippen LogP contribution in [0.4, 0.5) is 0 Å². The van der Waals surface area contributed by atoms with E-state index < -0.39 is 0 Å². The highest BCUT2D eigenvalue weighted by atomic mass is 79.9. The third-order valence-electron chi connectivity index (χ3n) is 3.18. The molecule has 0 bridgehead atoms. The maximum Gasteiger partial charge on any atom is 0.113 e. The van der Waals surface area contributed by atoms with Crippen LogP contribution in [-0.2, 0) is 5.75 Å². The van der Waals surface area contributed by atoms with Crippen LogP contribution in [0.15, 0.2) is 22.8 Å². The quantitative estimate of drug-likeness (QED) is 0.742. The van der Waals surface area contributed by atoms with Crippen molar-refractivity contribution in [2.45, 2.75) is 31.4 Å². The van der Waals surface area contributed by atoms with Gasteiger partial charge in [-0.3, -0.25) is 0 Å². The standard InChI is InChI=1S/C12H17BrOS/c13-9-12(5-1-2-6-12)10-15-8-11-4-3-7-14-11/h3-4,7H,1-2,5-6,8-10H2. The molecule has 0 radical (unpaired) electrons. The lowest BCUT2D eigenvalue weighted by Crippen LogP contribution is -2.21. The average Bonchev–Trinajstić information content (AvgIpc) is 2.89. The lowest BCUT2D eigenvalue weighted by Gasteiger charge is -2.25. The zero-order valence-electron chi connectivity index (χ0n) is 8.88. The van der Waals surface area contributed by atoms with E-state index in [2.05, 4.69) is 22.0 Å². The monoisotopic (exact) mass is 288 g/mol. The molecule has 1 aromatic rings. The van der Waals surface area contributed by atoms with E-state index in [4.69, 9.17) is 4.42 Å². The van der Waals surface area contributed by atoms with Gasteiger partial charge in [0.15, 0.2) is 0 Å². The van der Waals surface area contributed by atoms with E-state index in [0.29, 0.717) is 5.41 Å². The first-order valence-corrected chi connectivity index (χ1v) is 7.78. The molecule has 3 heteroatoms. The van der Waals surface area contributed by atoms with Crippen molar-refractivity contribution in [1.82, 2.24) is 0 Å². The topological polar surface area (TPSA) is 13.1 Å². The Morgan fingerprint density at radius 3 is 2.80 bits per heavy atom. The van der Waals surface area contributed by atoms with Gasteiger partial charge in [0.25, 0.3) is 0 Å². The molecule has 2 rings (SSSR count). The summed E-state index contributed by atoms with van der Waals surface area (Å²) >= 11 is 5.68. The molecule has 1 fully saturated rings. The fourth-order valence-electron chi connectivity index (χ4n) is 2.20. The first kappa shape index (κ1) is 11.6. The van der Waals surface area contributed by atoms with Gasteiger partial charge in [0.1, 0.15) is 5.76 Å². The molecule has 84 valence electrons. The van der Waals surface area contributed by atoms with E-state index in [1.165, 1.54) is 31.4 Å². The molecular weight excluding hydrogens is 272 g/mol. The van der Waals surface area contributed by atoms with Gasteiger partial charge >= 0.3 is 0 Å². The lowest BCUT2D eigenvalue weighted by atomic mass is 9.92. The van der Waals surface area contributed by atoms with Gasteiger partial charge in [-0.25, -0.2) is 0 Å². The van der Waals surface area contributed by atoms with Crippen LogP contribution in [0.5, 0.6) is 0 Å². The summed E-state index contributed by atoms with van der Waals surface area (Å²) in [5.74, 6) is 3.38. The van der Waals surface area contributed by atoms with Crippen molar-refractivity contribution in [1.29, 1.82) is 0 Å². The highest BCUT2D eigenvalue weighted by molar-refractivity contribution is 9.09. The number of hydrogen-bond donors (Lipinski definition) is 0. The van der Waals surface area contributed by atoms with Crippen LogP contribution in [0.3, 0.4) is 0 Å². The second-order valence-corrected chi connectivity index (χ2v) is 5.96. The summed E-state index contributed by atoms with van der Waals surface area (Å²) in [6, 6.07) is 4.02. The van der Waals surface area contributed by atoms with Crippen LogP contribution in [0.25, 0.3) is 0 Å². The Kier molecular flexibility index (Phi) is 4.21. The maximum absolute atomic E-state index is 5.33. The summed E-state index contributed by atoms with van der Waals surface area (Å²) in [6.45, 7) is 0. The first-order chi connectivity index (χ1) is 7.35. The largest absolute Gasteiger partial charge is 0.468 e. The van der Waals surface area contributed by atoms with Crippen molar-refractivity contribution in [3.05, 3.63) is 24.2 Å². The summed E-state index contributed by atoms with van der Waals surface area (Å²) in [4.78, 5) is 0. The Balaban J connectivity index is 1.77. The minimum atomic E-state index is 0.567. The van der Waals surface area contributed by atoms with Gasteiger partial charge in [-0.1, -0.05) is 28.8 Å². The Bertz CT molecular complexity index is 278. The SMILES string of the molecule is BrCC1(CSCc2ccco2)CCCC1. The average molecular weight is 289 g/mol. The van der Waals surface area contributed by atoms with E-state index in [1.54, 1.807) is 6.26 Å². The van der Waals surface area contributed by atoms with Crippen molar-refractivity contribution in [3.63, 3.8) is 0 Å². The van der Waals surface area contributed by atoms with Crippen molar-refractivity contribution in [2.24, 2.45) is 5.41 Å². The predicted molar refractivity (Wildman–Crippen MR) is 69.6 cm³/mol. The Morgan fingerprint density at radius 2 is 2.20 bits per heavy atom. The first-order valence-electron chi connectivity index (χ1n) is 5.51. The smallest absolute Gasteiger partial charge is 0.113 e. The molecule has 15 heavy (non-hydrogen) atoms. The van der Waals surface area contributed by atoms with E-state index in [-0.39, 0.29) is 0 Å². The fourth-order valence-corrected chi connectivity index (χ4v) is 4.52. The molecule has 1 nitrogen and oxygen atoms in total. The fraction of sp³-hybridized carbons (Fsp3) is 0.667. The van der Waals surface area contributed by atoms with Gasteiger partial charge in [0.2, 0.25) is 0 Å². The Labute approximate surface area is 104 Å². The van der Waals surface area contributed by atoms with E-state index >= 15 is 0 Å². The molecule has 0 atom stereocenters. The van der Waals surface area contributed by atoms with E-state index in [1.807, 2.05) is 17.8 Å². The van der Waals surface area contributed by atoms with Crippen molar-refractivity contribution < 1.29 is 4.42 Å². The molecule has 1 aliphatic carbocycles. The summed E-state index contributed by atoms with van der Waals surface area (Å²) < 4.78 is 5.33. The molecule has 0 aromatic carbocycles. The van der Waals surface area contributed by atoms with Gasteiger partial charge < -0.3 is 4.42 Å². The summed E-state index contributed by atoms with van der Waals surface area (Å²) in [7, 11) is 0. The molecular formula is C12H17BrOS. The van der Waals surface area contributed by atoms with Crippen molar-refractivity contribution >= 4 is 27.7 Å². The second-order valence-electron chi connectivity index (χ2n) is 4.41. The summed E-state index contributed by atoms with van der Waals surface area (Å²) in [5, 5.41) is 1.16. The highest BCUT2D eigenvalue weighted by Gasteiger charge is 2.32. The van der Waals surface area contributed by atoms with Crippen molar-refractivity contribution in [3.8, 4) is 0 Å². The van der Waals surface area contributed by atoms with Gasteiger partial charge in [-0.05, 0) is 30.4 Å². The number of furan rings is 1. The van der Waals surface area contributed by atoms with Gasteiger partial charge in [-0.15, -0.1) is 0 Å². The summed E-state index contributed by atoms with van der Waals surface area (Å²) in [6.07, 6.45) is 7.36. The van der Waals surface area contributed by atoms with Crippen molar-refractivity contribution in [2.75, 3.05) is 11.1 Å². The van der Waals surface area contributed by atoms with Crippen LogP contribution in [0.1, 0.15) is 31.4 Å². The molecule has 1 saturated carbocycles. The molecule has 1 heterocycles. The highest BCUT2D eigenvalue weighted by Crippen LogP contribution is 2.42. The number of alkyl halides is 1. The lowest BCUT2D eigenvalue weighted by molar-refractivity contribution is 0.405. The van der Waals surface area contributed by atoms with E-state index in [0.717, 1.165) is 16.8 Å². The van der Waals surface area contributed by atoms with Crippen LogP contribution in [-0.4, -0.2) is 11.1 Å². The maximum atomic E-state index is 5.33. The van der Waals surface area contributed by atoms with Crippen LogP contribution < -0.4 is 0 Å². The zero-order valence-corrected chi connectivity index (χ0v) is 11.3. The number of hydrogen-bond acceptors (Lipinski definition) is 2. The number of thioether (sulfide) groups is 1. The third-order valence-corrected chi connectivity index (χ3v) is 5.67. The Morgan fingerprint density at radius 1 is 1.40 bits per heavy atom. The molecule has 0 aliphatic heterocycles. The van der Waals surface area contributed by atoms with Gasteiger partial charge in [0.05, 0.1) is 12.0 Å². The predicted octanol–water partition coefficient (Wildman–Crippen LogP) is 4.47. The molecule has 1 aromatic heterocycles. The van der Waals surface area contributed by atoms with Crippen LogP contribution >= 0.6 is 27.7 Å². The third kappa shape index (κ3) is 3.04. The van der Waals surface area contributed by atoms with E-state index in [9.17, 15) is 0 Å². The normalized spacial score (nSPS) is 19.5. The van der Waals surface area contributed by atoms with Crippen LogP contribution in [0, 0.1) is 5.41 Å².